The first-order valence-corrected chi connectivity index (χ1v) is 4.41. The minimum absolute atomic E-state index is 0.317. The summed E-state index contributed by atoms with van der Waals surface area (Å²) in [6.45, 7) is 1.56. The van der Waals surface area contributed by atoms with Crippen LogP contribution in [-0.2, 0) is 0 Å². The minimum Gasteiger partial charge on any atom is -0.381 e. The molecule has 0 heterocycles. The van der Waals surface area contributed by atoms with Gasteiger partial charge in [0.2, 0.25) is 0 Å². The molecule has 0 saturated carbocycles. The molecule has 1 nitrogen and oxygen atoms in total. The van der Waals surface area contributed by atoms with Crippen LogP contribution in [0.5, 0.6) is 0 Å². The van der Waals surface area contributed by atoms with E-state index in [4.69, 9.17) is 5.11 Å². The van der Waals surface area contributed by atoms with Gasteiger partial charge in [-0.3, -0.25) is 0 Å². The van der Waals surface area contributed by atoms with Crippen LogP contribution < -0.4 is 5.30 Å². The Morgan fingerprint density at radius 2 is 2.15 bits per heavy atom. The van der Waals surface area contributed by atoms with Crippen LogP contribution in [-0.4, -0.2) is 11.2 Å². The van der Waals surface area contributed by atoms with E-state index in [0.717, 1.165) is 5.30 Å². The zero-order valence-corrected chi connectivity index (χ0v) is 8.37. The molecule has 1 N–H and O–H groups in total. The molecule has 0 bridgehead atoms. The second-order valence-corrected chi connectivity index (χ2v) is 3.39. The molecule has 0 spiro atoms. The van der Waals surface area contributed by atoms with Crippen LogP contribution in [0.2, 0.25) is 0 Å². The lowest BCUT2D eigenvalue weighted by Crippen LogP contribution is -1.96. The number of aliphatic hydroxyl groups is 1. The molecule has 2 atom stereocenters. The number of benzene rings is 1. The molecule has 0 radical (unpaired) electrons. The molecule has 3 heteroatoms. The number of aliphatic hydroxyl groups excluding tert-OH is 1. The van der Waals surface area contributed by atoms with Crippen molar-refractivity contribution >= 4 is 14.5 Å². The van der Waals surface area contributed by atoms with Crippen LogP contribution in [0.4, 0.5) is 4.39 Å². The van der Waals surface area contributed by atoms with Gasteiger partial charge in [-0.2, -0.15) is 0 Å². The lowest BCUT2D eigenvalue weighted by Gasteiger charge is -1.95. The van der Waals surface area contributed by atoms with Gasteiger partial charge >= 0.3 is 0 Å². The van der Waals surface area contributed by atoms with Gasteiger partial charge in [0, 0.05) is 5.56 Å². The number of rotatable bonds is 0. The monoisotopic (exact) mass is 196 g/mol. The van der Waals surface area contributed by atoms with Crippen molar-refractivity contribution in [2.24, 2.45) is 0 Å². The van der Waals surface area contributed by atoms with Gasteiger partial charge in [-0.15, -0.1) is 9.24 Å². The maximum atomic E-state index is 12.8. The molecule has 1 rings (SSSR count). The van der Waals surface area contributed by atoms with Crippen LogP contribution >= 0.6 is 9.24 Å². The molecule has 0 saturated heterocycles. The van der Waals surface area contributed by atoms with E-state index in [1.807, 2.05) is 0 Å². The summed E-state index contributed by atoms with van der Waals surface area (Å²) in [7, 11) is 2.40. The molecular formula is C10H10FOP. The fraction of sp³-hybridized carbons (Fsp3) is 0.200. The Labute approximate surface area is 79.2 Å². The fourth-order valence-corrected chi connectivity index (χ4v) is 1.21. The van der Waals surface area contributed by atoms with Crippen LogP contribution in [0.1, 0.15) is 12.5 Å². The van der Waals surface area contributed by atoms with E-state index in [9.17, 15) is 4.39 Å². The number of halogens is 1. The van der Waals surface area contributed by atoms with Gasteiger partial charge in [0.15, 0.2) is 0 Å². The summed E-state index contributed by atoms with van der Waals surface area (Å²) < 4.78 is 12.8. The second kappa shape index (κ2) is 4.37. The van der Waals surface area contributed by atoms with Crippen molar-refractivity contribution in [2.45, 2.75) is 13.0 Å². The molecule has 0 aromatic heterocycles. The van der Waals surface area contributed by atoms with E-state index < -0.39 is 6.10 Å². The molecule has 68 valence electrons. The number of hydrogen-bond acceptors (Lipinski definition) is 1. The van der Waals surface area contributed by atoms with Gasteiger partial charge in [-0.05, 0) is 30.4 Å². The third kappa shape index (κ3) is 3.55. The van der Waals surface area contributed by atoms with E-state index in [-0.39, 0.29) is 5.82 Å². The lowest BCUT2D eigenvalue weighted by molar-refractivity contribution is 0.253. The van der Waals surface area contributed by atoms with Crippen molar-refractivity contribution < 1.29 is 9.50 Å². The molecule has 0 aliphatic carbocycles. The second-order valence-electron chi connectivity index (χ2n) is 2.72. The first-order chi connectivity index (χ1) is 6.08. The maximum absolute atomic E-state index is 12.8. The first-order valence-electron chi connectivity index (χ1n) is 3.83. The average Bonchev–Trinajstić information content (AvgIpc) is 1.99. The van der Waals surface area contributed by atoms with E-state index in [0.29, 0.717) is 5.56 Å². The Kier molecular flexibility index (Phi) is 3.42. The normalized spacial score (nSPS) is 11.7. The standard InChI is InChI=1S/C10H10FOP/c1-7(12)2-3-8-4-9(11)6-10(13)5-8/h4-7,12H,13H2,1H3. The summed E-state index contributed by atoms with van der Waals surface area (Å²) in [5.74, 6) is 4.90. The smallest absolute Gasteiger partial charge is 0.125 e. The largest absolute Gasteiger partial charge is 0.381 e. The highest BCUT2D eigenvalue weighted by Gasteiger charge is 1.94. The average molecular weight is 196 g/mol. The molecule has 1 aromatic rings. The fourth-order valence-electron chi connectivity index (χ4n) is 0.872. The predicted molar refractivity (Wildman–Crippen MR) is 54.3 cm³/mol. The van der Waals surface area contributed by atoms with Crippen LogP contribution in [0, 0.1) is 17.7 Å². The van der Waals surface area contributed by atoms with Crippen molar-refractivity contribution in [3.05, 3.63) is 29.6 Å². The van der Waals surface area contributed by atoms with Crippen LogP contribution in [0.3, 0.4) is 0 Å². The van der Waals surface area contributed by atoms with Crippen molar-refractivity contribution in [3.8, 4) is 11.8 Å². The summed E-state index contributed by atoms with van der Waals surface area (Å²) in [5, 5.41) is 9.62. The molecule has 0 amide bonds. The van der Waals surface area contributed by atoms with Gasteiger partial charge < -0.3 is 5.11 Å². The molecule has 1 aromatic carbocycles. The Morgan fingerprint density at radius 1 is 1.46 bits per heavy atom. The summed E-state index contributed by atoms with van der Waals surface area (Å²) in [5.41, 5.74) is 0.575. The summed E-state index contributed by atoms with van der Waals surface area (Å²) in [6, 6.07) is 4.48. The first kappa shape index (κ1) is 10.2. The van der Waals surface area contributed by atoms with Gasteiger partial charge in [0.1, 0.15) is 11.9 Å². The Morgan fingerprint density at radius 3 is 2.69 bits per heavy atom. The van der Waals surface area contributed by atoms with Gasteiger partial charge in [-0.25, -0.2) is 4.39 Å². The zero-order valence-electron chi connectivity index (χ0n) is 7.21. The summed E-state index contributed by atoms with van der Waals surface area (Å²) in [6.07, 6.45) is -0.684. The van der Waals surface area contributed by atoms with E-state index >= 15 is 0 Å². The molecule has 0 aliphatic heterocycles. The topological polar surface area (TPSA) is 20.2 Å². The minimum atomic E-state index is -0.684. The third-order valence-corrected chi connectivity index (χ3v) is 1.68. The maximum Gasteiger partial charge on any atom is 0.125 e. The van der Waals surface area contributed by atoms with Crippen LogP contribution in [0.25, 0.3) is 0 Å². The Bertz CT molecular complexity index is 343. The number of hydrogen-bond donors (Lipinski definition) is 1. The van der Waals surface area contributed by atoms with Crippen molar-refractivity contribution in [3.63, 3.8) is 0 Å². The van der Waals surface area contributed by atoms with Gasteiger partial charge in [0.05, 0.1) is 0 Å². The predicted octanol–water partition coefficient (Wildman–Crippen LogP) is 1.06. The molecular weight excluding hydrogens is 186 g/mol. The van der Waals surface area contributed by atoms with Gasteiger partial charge in [-0.1, -0.05) is 11.8 Å². The Hall–Kier alpha value is -0.900. The summed E-state index contributed by atoms with van der Waals surface area (Å²) >= 11 is 0. The highest BCUT2D eigenvalue weighted by Crippen LogP contribution is 2.02. The van der Waals surface area contributed by atoms with Crippen molar-refractivity contribution in [2.75, 3.05) is 0 Å². The van der Waals surface area contributed by atoms with E-state index in [1.165, 1.54) is 12.1 Å². The highest BCUT2D eigenvalue weighted by atomic mass is 31.0. The third-order valence-electron chi connectivity index (χ3n) is 1.35. The quantitative estimate of drug-likeness (QED) is 0.486. The molecule has 0 fully saturated rings. The van der Waals surface area contributed by atoms with Crippen molar-refractivity contribution in [1.29, 1.82) is 0 Å². The molecule has 0 aliphatic rings. The van der Waals surface area contributed by atoms with E-state index in [1.54, 1.807) is 13.0 Å². The van der Waals surface area contributed by atoms with Crippen LogP contribution in [0.15, 0.2) is 18.2 Å². The SMILES string of the molecule is CC(O)C#Cc1cc(F)cc(P)c1. The molecule has 13 heavy (non-hydrogen) atoms. The lowest BCUT2D eigenvalue weighted by atomic mass is 10.2. The van der Waals surface area contributed by atoms with Crippen molar-refractivity contribution in [1.82, 2.24) is 0 Å². The van der Waals surface area contributed by atoms with Gasteiger partial charge in [0.25, 0.3) is 0 Å². The van der Waals surface area contributed by atoms with E-state index in [2.05, 4.69) is 21.1 Å². The zero-order chi connectivity index (χ0) is 9.84. The summed E-state index contributed by atoms with van der Waals surface area (Å²) in [4.78, 5) is 0. The molecule has 2 unspecified atom stereocenters. The Balaban J connectivity index is 2.98. The highest BCUT2D eigenvalue weighted by molar-refractivity contribution is 7.27.